The lowest BCUT2D eigenvalue weighted by atomic mass is 9.80. The largest absolute Gasteiger partial charge is 0.525 e. The average molecular weight is 409 g/mol. The Balaban J connectivity index is 2.14. The highest BCUT2D eigenvalue weighted by Gasteiger charge is 2.54. The molecule has 2 aromatic rings. The zero-order valence-corrected chi connectivity index (χ0v) is 16.8. The summed E-state index contributed by atoms with van der Waals surface area (Å²) in [7, 11) is -1.41. The van der Waals surface area contributed by atoms with Gasteiger partial charge in [0.1, 0.15) is 11.8 Å². The second-order valence-corrected chi connectivity index (χ2v) is 8.29. The van der Waals surface area contributed by atoms with Gasteiger partial charge in [0.05, 0.1) is 11.2 Å². The summed E-state index contributed by atoms with van der Waals surface area (Å²) in [6, 6.07) is 9.96. The Morgan fingerprint density at radius 2 is 1.55 bits per heavy atom. The Kier molecular flexibility index (Phi) is 5.58. The van der Waals surface area contributed by atoms with E-state index in [4.69, 9.17) is 15.0 Å². The molecule has 0 aliphatic carbocycles. The SMILES string of the molecule is CC1(C)OB(C(F)=C(CC(N)C(F)(F)F)c2cccc3ccccc23)OC1(C)C. The molecule has 8 heteroatoms. The number of hydrogen-bond acceptors (Lipinski definition) is 3. The zero-order chi connectivity index (χ0) is 21.6. The first-order valence-electron chi connectivity index (χ1n) is 9.38. The summed E-state index contributed by atoms with van der Waals surface area (Å²) in [5.74, 6) is 0. The molecule has 29 heavy (non-hydrogen) atoms. The molecule has 2 aromatic carbocycles. The summed E-state index contributed by atoms with van der Waals surface area (Å²) in [4.78, 5) is 0. The molecular formula is C21H24BF4NO2. The molecule has 2 N–H and O–H groups in total. The summed E-state index contributed by atoms with van der Waals surface area (Å²) >= 11 is 0. The lowest BCUT2D eigenvalue weighted by Crippen LogP contribution is -2.41. The normalized spacial score (nSPS) is 20.7. The van der Waals surface area contributed by atoms with Crippen molar-refractivity contribution in [3.63, 3.8) is 0 Å². The minimum Gasteiger partial charge on any atom is -0.398 e. The fraction of sp³-hybridized carbons (Fsp3) is 0.429. The highest BCUT2D eigenvalue weighted by molar-refractivity contribution is 6.55. The van der Waals surface area contributed by atoms with Crippen molar-refractivity contribution in [1.29, 1.82) is 0 Å². The molecule has 0 amide bonds. The highest BCUT2D eigenvalue weighted by Crippen LogP contribution is 2.42. The first kappa shape index (κ1) is 21.8. The van der Waals surface area contributed by atoms with Gasteiger partial charge in [0, 0.05) is 0 Å². The van der Waals surface area contributed by atoms with Gasteiger partial charge in [0.2, 0.25) is 0 Å². The molecule has 0 bridgehead atoms. The minimum atomic E-state index is -4.66. The van der Waals surface area contributed by atoms with Crippen LogP contribution in [0.2, 0.25) is 0 Å². The molecule has 1 heterocycles. The molecule has 1 aliphatic heterocycles. The maximum Gasteiger partial charge on any atom is 0.525 e. The smallest absolute Gasteiger partial charge is 0.398 e. The second-order valence-electron chi connectivity index (χ2n) is 8.29. The predicted octanol–water partition coefficient (Wildman–Crippen LogP) is 5.43. The van der Waals surface area contributed by atoms with E-state index in [0.717, 1.165) is 5.39 Å². The van der Waals surface area contributed by atoms with Crippen LogP contribution in [0.25, 0.3) is 16.3 Å². The molecule has 1 unspecified atom stereocenters. The maximum absolute atomic E-state index is 15.6. The van der Waals surface area contributed by atoms with Gasteiger partial charge in [-0.3, -0.25) is 0 Å². The molecule has 3 nitrogen and oxygen atoms in total. The van der Waals surface area contributed by atoms with E-state index in [-0.39, 0.29) is 5.57 Å². The Bertz CT molecular complexity index is 918. The third-order valence-electron chi connectivity index (χ3n) is 5.71. The number of hydrogen-bond donors (Lipinski definition) is 1. The van der Waals surface area contributed by atoms with Gasteiger partial charge < -0.3 is 15.0 Å². The van der Waals surface area contributed by atoms with Crippen LogP contribution in [0.1, 0.15) is 39.7 Å². The summed E-state index contributed by atoms with van der Waals surface area (Å²) < 4.78 is 66.7. The van der Waals surface area contributed by atoms with E-state index in [2.05, 4.69) is 0 Å². The number of nitrogens with two attached hydrogens (primary N) is 1. The molecular weight excluding hydrogens is 385 g/mol. The van der Waals surface area contributed by atoms with Crippen molar-refractivity contribution < 1.29 is 26.9 Å². The average Bonchev–Trinajstić information content (AvgIpc) is 2.85. The summed E-state index contributed by atoms with van der Waals surface area (Å²) in [6.07, 6.45) is -5.39. The molecule has 156 valence electrons. The van der Waals surface area contributed by atoms with E-state index in [1.165, 1.54) is 0 Å². The van der Waals surface area contributed by atoms with Crippen LogP contribution in [0.15, 0.2) is 48.2 Å². The molecule has 0 aromatic heterocycles. The molecule has 1 atom stereocenters. The van der Waals surface area contributed by atoms with E-state index in [1.807, 2.05) is 18.2 Å². The third kappa shape index (κ3) is 4.20. The lowest BCUT2D eigenvalue weighted by molar-refractivity contribution is -0.146. The van der Waals surface area contributed by atoms with Crippen LogP contribution in [0.4, 0.5) is 17.6 Å². The van der Waals surface area contributed by atoms with Crippen LogP contribution < -0.4 is 5.73 Å². The van der Waals surface area contributed by atoms with Crippen LogP contribution in [-0.2, 0) is 9.31 Å². The van der Waals surface area contributed by atoms with Gasteiger partial charge in [0.25, 0.3) is 0 Å². The van der Waals surface area contributed by atoms with E-state index in [9.17, 15) is 13.2 Å². The van der Waals surface area contributed by atoms with Gasteiger partial charge in [-0.1, -0.05) is 42.5 Å². The number of fused-ring (bicyclic) bond motifs is 1. The van der Waals surface area contributed by atoms with Crippen LogP contribution in [0, 0.1) is 0 Å². The second kappa shape index (κ2) is 7.41. The predicted molar refractivity (Wildman–Crippen MR) is 107 cm³/mol. The maximum atomic E-state index is 15.6. The molecule has 3 rings (SSSR count). The van der Waals surface area contributed by atoms with Crippen molar-refractivity contribution in [2.75, 3.05) is 0 Å². The number of alkyl halides is 3. The van der Waals surface area contributed by atoms with E-state index in [0.29, 0.717) is 10.9 Å². The molecule has 0 radical (unpaired) electrons. The van der Waals surface area contributed by atoms with Crippen LogP contribution >= 0.6 is 0 Å². The van der Waals surface area contributed by atoms with Crippen LogP contribution in [0.5, 0.6) is 0 Å². The lowest BCUT2D eigenvalue weighted by Gasteiger charge is -2.32. The van der Waals surface area contributed by atoms with Gasteiger partial charge in [-0.25, -0.2) is 4.39 Å². The molecule has 1 aliphatic rings. The van der Waals surface area contributed by atoms with E-state index < -0.39 is 42.7 Å². The summed E-state index contributed by atoms with van der Waals surface area (Å²) in [6.45, 7) is 7.00. The Hall–Kier alpha value is -1.90. The van der Waals surface area contributed by atoms with Gasteiger partial charge in [0.15, 0.2) is 0 Å². The van der Waals surface area contributed by atoms with E-state index >= 15 is 4.39 Å². The third-order valence-corrected chi connectivity index (χ3v) is 5.71. The van der Waals surface area contributed by atoms with Gasteiger partial charge >= 0.3 is 13.3 Å². The van der Waals surface area contributed by atoms with Crippen LogP contribution in [0.3, 0.4) is 0 Å². The van der Waals surface area contributed by atoms with Crippen molar-refractivity contribution in [3.8, 4) is 0 Å². The van der Waals surface area contributed by atoms with Crippen molar-refractivity contribution in [2.45, 2.75) is 57.5 Å². The zero-order valence-electron chi connectivity index (χ0n) is 16.8. The number of rotatable bonds is 4. The van der Waals surface area contributed by atoms with Crippen molar-refractivity contribution in [3.05, 3.63) is 53.8 Å². The summed E-state index contributed by atoms with van der Waals surface area (Å²) in [5.41, 5.74) is 3.00. The Morgan fingerprint density at radius 3 is 2.14 bits per heavy atom. The topological polar surface area (TPSA) is 44.5 Å². The van der Waals surface area contributed by atoms with Crippen molar-refractivity contribution in [2.24, 2.45) is 5.73 Å². The highest BCUT2D eigenvalue weighted by atomic mass is 19.4. The van der Waals surface area contributed by atoms with Crippen molar-refractivity contribution >= 4 is 23.5 Å². The summed E-state index contributed by atoms with van der Waals surface area (Å²) in [5, 5.41) is 1.41. The van der Waals surface area contributed by atoms with Gasteiger partial charge in [-0.15, -0.1) is 0 Å². The van der Waals surface area contributed by atoms with Crippen molar-refractivity contribution in [1.82, 2.24) is 0 Å². The minimum absolute atomic E-state index is 0.162. The standard InChI is InChI=1S/C21H24BF4NO2/c1-19(2)20(3,4)29-22(28-19)18(23)16(12-17(27)21(24,25)26)15-11-7-9-13-8-5-6-10-14(13)15/h5-11,17H,12,27H2,1-4H3. The van der Waals surface area contributed by atoms with E-state index in [1.54, 1.807) is 52.0 Å². The Morgan fingerprint density at radius 1 is 1.00 bits per heavy atom. The molecule has 0 saturated carbocycles. The fourth-order valence-corrected chi connectivity index (χ4v) is 3.25. The van der Waals surface area contributed by atoms with Gasteiger partial charge in [-0.05, 0) is 56.0 Å². The quantitative estimate of drug-likeness (QED) is 0.541. The van der Waals surface area contributed by atoms with Gasteiger partial charge in [-0.2, -0.15) is 13.2 Å². The first-order chi connectivity index (χ1) is 13.3. The molecule has 1 saturated heterocycles. The Labute approximate surface area is 168 Å². The monoisotopic (exact) mass is 409 g/mol. The fourth-order valence-electron chi connectivity index (χ4n) is 3.25. The molecule has 1 fully saturated rings. The van der Waals surface area contributed by atoms with Crippen LogP contribution in [-0.4, -0.2) is 30.5 Å². The molecule has 0 spiro atoms. The number of benzene rings is 2. The first-order valence-corrected chi connectivity index (χ1v) is 9.38. The number of halogens is 4.